The highest BCUT2D eigenvalue weighted by Gasteiger charge is 2.10. The highest BCUT2D eigenvalue weighted by molar-refractivity contribution is 5.99. The minimum Gasteiger partial charge on any atom is -0.351 e. The molecule has 0 saturated heterocycles. The number of nitrogens with two attached hydrogens (primary N) is 1. The van der Waals surface area contributed by atoms with Crippen molar-refractivity contribution >= 4 is 22.7 Å². The predicted octanol–water partition coefficient (Wildman–Crippen LogP) is 1.81. The molecule has 1 aromatic heterocycles. The average molecular weight is 393 g/mol. The second-order valence-corrected chi connectivity index (χ2v) is 7.17. The van der Waals surface area contributed by atoms with E-state index in [1.165, 1.54) is 0 Å². The number of fused-ring (bicyclic) bond motifs is 1. The van der Waals surface area contributed by atoms with Crippen molar-refractivity contribution in [2.24, 2.45) is 5.73 Å². The van der Waals surface area contributed by atoms with Gasteiger partial charge in [-0.25, -0.2) is 0 Å². The zero-order valence-electron chi connectivity index (χ0n) is 16.8. The summed E-state index contributed by atoms with van der Waals surface area (Å²) in [6, 6.07) is 15.3. The summed E-state index contributed by atoms with van der Waals surface area (Å²) in [4.78, 5) is 29.5. The Balaban J connectivity index is 1.73. The number of amides is 2. The maximum absolute atomic E-state index is 12.2. The fraction of sp³-hybridized carbons (Fsp3) is 0.273. The van der Waals surface area contributed by atoms with Crippen LogP contribution in [-0.4, -0.2) is 62.0 Å². The van der Waals surface area contributed by atoms with Gasteiger partial charge in [0.15, 0.2) is 0 Å². The molecule has 2 amide bonds. The van der Waals surface area contributed by atoms with Crippen LogP contribution in [0.3, 0.4) is 0 Å². The summed E-state index contributed by atoms with van der Waals surface area (Å²) >= 11 is 0. The van der Waals surface area contributed by atoms with Crippen LogP contribution in [0, 0.1) is 0 Å². The van der Waals surface area contributed by atoms with Crippen molar-refractivity contribution in [1.29, 1.82) is 0 Å². The fourth-order valence-corrected chi connectivity index (χ4v) is 3.02. The fourth-order valence-electron chi connectivity index (χ4n) is 3.02. The molecule has 5 N–H and O–H groups in total. The first-order valence-electron chi connectivity index (χ1n) is 9.62. The summed E-state index contributed by atoms with van der Waals surface area (Å²) < 4.78 is 0. The second kappa shape index (κ2) is 9.36. The van der Waals surface area contributed by atoms with Gasteiger partial charge < -0.3 is 26.3 Å². The molecule has 3 aromatic rings. The van der Waals surface area contributed by atoms with E-state index in [2.05, 4.69) is 15.6 Å². The normalized spacial score (nSPS) is 11.0. The quantitative estimate of drug-likeness (QED) is 0.469. The first-order chi connectivity index (χ1) is 14.0. The van der Waals surface area contributed by atoms with Crippen LogP contribution in [0.2, 0.25) is 0 Å². The molecule has 152 valence electrons. The highest BCUT2D eigenvalue weighted by atomic mass is 16.2. The van der Waals surface area contributed by atoms with Gasteiger partial charge in [-0.05, 0) is 55.6 Å². The van der Waals surface area contributed by atoms with E-state index >= 15 is 0 Å². The predicted molar refractivity (Wildman–Crippen MR) is 116 cm³/mol. The minimum absolute atomic E-state index is 0.0763. The van der Waals surface area contributed by atoms with Gasteiger partial charge in [-0.2, -0.15) is 0 Å². The molecule has 0 fully saturated rings. The zero-order valence-corrected chi connectivity index (χ0v) is 16.8. The van der Waals surface area contributed by atoms with Crippen LogP contribution in [0.4, 0.5) is 0 Å². The number of hydrogen-bond acceptors (Lipinski definition) is 4. The van der Waals surface area contributed by atoms with Gasteiger partial charge in [0.2, 0.25) is 0 Å². The number of nitrogens with zero attached hydrogens (tertiary/aromatic N) is 1. The van der Waals surface area contributed by atoms with E-state index in [0.29, 0.717) is 30.9 Å². The molecular weight excluding hydrogens is 366 g/mol. The highest BCUT2D eigenvalue weighted by Crippen LogP contribution is 2.25. The number of aromatic amines is 1. The minimum atomic E-state index is -0.169. The first-order valence-corrected chi connectivity index (χ1v) is 9.62. The van der Waals surface area contributed by atoms with E-state index in [4.69, 9.17) is 5.73 Å². The summed E-state index contributed by atoms with van der Waals surface area (Å²) in [5, 5.41) is 6.62. The van der Waals surface area contributed by atoms with Crippen molar-refractivity contribution in [3.63, 3.8) is 0 Å². The Morgan fingerprint density at radius 2 is 1.62 bits per heavy atom. The van der Waals surface area contributed by atoms with E-state index in [1.54, 1.807) is 0 Å². The third-order valence-corrected chi connectivity index (χ3v) is 4.62. The Kier molecular flexibility index (Phi) is 6.64. The number of nitrogens with one attached hydrogen (secondary N) is 3. The molecule has 0 bridgehead atoms. The Bertz CT molecular complexity index is 992. The lowest BCUT2D eigenvalue weighted by molar-refractivity contribution is 0.0942. The lowest BCUT2D eigenvalue weighted by Gasteiger charge is -2.10. The summed E-state index contributed by atoms with van der Waals surface area (Å²) in [5.41, 5.74) is 9.49. The van der Waals surface area contributed by atoms with Crippen LogP contribution >= 0.6 is 0 Å². The molecule has 0 aliphatic carbocycles. The van der Waals surface area contributed by atoms with Crippen molar-refractivity contribution < 1.29 is 9.59 Å². The van der Waals surface area contributed by atoms with Crippen molar-refractivity contribution in [2.75, 3.05) is 40.3 Å². The molecule has 2 aromatic carbocycles. The molecule has 0 aliphatic heterocycles. The smallest absolute Gasteiger partial charge is 0.267 e. The van der Waals surface area contributed by atoms with Gasteiger partial charge in [-0.15, -0.1) is 0 Å². The lowest BCUT2D eigenvalue weighted by Crippen LogP contribution is -2.31. The molecule has 0 aliphatic rings. The number of aromatic nitrogens is 1. The molecule has 3 rings (SSSR count). The Morgan fingerprint density at radius 3 is 2.31 bits per heavy atom. The molecule has 0 unspecified atom stereocenters. The van der Waals surface area contributed by atoms with Crippen LogP contribution in [0.25, 0.3) is 22.0 Å². The summed E-state index contributed by atoms with van der Waals surface area (Å²) in [6.07, 6.45) is 0. The van der Waals surface area contributed by atoms with Gasteiger partial charge in [0.1, 0.15) is 5.69 Å². The number of carbonyl (C=O) groups is 2. The largest absolute Gasteiger partial charge is 0.351 e. The number of benzene rings is 2. The zero-order chi connectivity index (χ0) is 20.8. The van der Waals surface area contributed by atoms with Crippen LogP contribution < -0.4 is 16.4 Å². The topological polar surface area (TPSA) is 103 Å². The van der Waals surface area contributed by atoms with Crippen molar-refractivity contribution in [3.05, 3.63) is 59.8 Å². The third kappa shape index (κ3) is 5.22. The summed E-state index contributed by atoms with van der Waals surface area (Å²) in [5.74, 6) is -0.245. The lowest BCUT2D eigenvalue weighted by atomic mass is 10.0. The number of carbonyl (C=O) groups excluding carboxylic acids is 2. The van der Waals surface area contributed by atoms with Gasteiger partial charge in [-0.1, -0.05) is 18.2 Å². The number of rotatable bonds is 8. The Labute approximate surface area is 170 Å². The van der Waals surface area contributed by atoms with Crippen LogP contribution in [0.1, 0.15) is 20.8 Å². The van der Waals surface area contributed by atoms with Crippen molar-refractivity contribution in [2.45, 2.75) is 0 Å². The van der Waals surface area contributed by atoms with E-state index in [9.17, 15) is 9.59 Å². The molecule has 29 heavy (non-hydrogen) atoms. The SMILES string of the molecule is CN(C)CCNC(=O)c1ccc(-c2ccc3[nH]c(C(=O)NCCN)cc3c2)cc1. The van der Waals surface area contributed by atoms with Gasteiger partial charge in [0, 0.05) is 42.6 Å². The molecule has 0 radical (unpaired) electrons. The van der Waals surface area contributed by atoms with E-state index < -0.39 is 0 Å². The van der Waals surface area contributed by atoms with E-state index in [1.807, 2.05) is 67.5 Å². The van der Waals surface area contributed by atoms with Gasteiger partial charge >= 0.3 is 0 Å². The van der Waals surface area contributed by atoms with Crippen molar-refractivity contribution in [3.8, 4) is 11.1 Å². The standard InChI is InChI=1S/C22H27N5O2/c1-27(2)12-11-25-21(28)16-5-3-15(4-6-16)17-7-8-19-18(13-17)14-20(26-19)22(29)24-10-9-23/h3-8,13-14,26H,9-12,23H2,1-2H3,(H,24,29)(H,25,28). The van der Waals surface area contributed by atoms with Crippen LogP contribution in [-0.2, 0) is 0 Å². The maximum Gasteiger partial charge on any atom is 0.267 e. The average Bonchev–Trinajstić information content (AvgIpc) is 3.15. The summed E-state index contributed by atoms with van der Waals surface area (Å²) in [6.45, 7) is 2.25. The molecule has 7 heteroatoms. The van der Waals surface area contributed by atoms with E-state index in [0.717, 1.165) is 28.6 Å². The molecule has 1 heterocycles. The Morgan fingerprint density at radius 1 is 0.931 bits per heavy atom. The number of H-pyrrole nitrogens is 1. The van der Waals surface area contributed by atoms with E-state index in [-0.39, 0.29) is 11.8 Å². The van der Waals surface area contributed by atoms with Gasteiger partial charge in [-0.3, -0.25) is 9.59 Å². The third-order valence-electron chi connectivity index (χ3n) is 4.62. The molecule has 7 nitrogen and oxygen atoms in total. The van der Waals surface area contributed by atoms with Crippen LogP contribution in [0.15, 0.2) is 48.5 Å². The first kappa shape index (κ1) is 20.6. The van der Waals surface area contributed by atoms with Crippen molar-refractivity contribution in [1.82, 2.24) is 20.5 Å². The van der Waals surface area contributed by atoms with Crippen LogP contribution in [0.5, 0.6) is 0 Å². The number of hydrogen-bond donors (Lipinski definition) is 4. The molecular formula is C22H27N5O2. The second-order valence-electron chi connectivity index (χ2n) is 7.17. The molecule has 0 spiro atoms. The summed E-state index contributed by atoms with van der Waals surface area (Å²) in [7, 11) is 3.94. The molecule has 0 atom stereocenters. The monoisotopic (exact) mass is 393 g/mol. The van der Waals surface area contributed by atoms with Gasteiger partial charge in [0.25, 0.3) is 11.8 Å². The Hall–Kier alpha value is -3.16. The number of likely N-dealkylation sites (N-methyl/N-ethyl adjacent to an activating group) is 1. The molecule has 0 saturated carbocycles. The maximum atomic E-state index is 12.2. The van der Waals surface area contributed by atoms with Gasteiger partial charge in [0.05, 0.1) is 0 Å².